The summed E-state index contributed by atoms with van der Waals surface area (Å²) in [6, 6.07) is 22.6. The van der Waals surface area contributed by atoms with Crippen LogP contribution in [0.5, 0.6) is 11.5 Å². The zero-order chi connectivity index (χ0) is 21.1. The Balaban J connectivity index is 1.77. The van der Waals surface area contributed by atoms with Crippen molar-refractivity contribution >= 4 is 27.5 Å². The van der Waals surface area contributed by atoms with Crippen molar-refractivity contribution in [3.63, 3.8) is 0 Å². The Bertz CT molecular complexity index is 1110. The van der Waals surface area contributed by atoms with Crippen molar-refractivity contribution in [2.24, 2.45) is 5.10 Å². The summed E-state index contributed by atoms with van der Waals surface area (Å²) in [4.78, 5) is 13.5. The first-order valence-corrected chi connectivity index (χ1v) is 10.3. The number of carbonyl (C=O) groups is 1. The molecule has 0 N–H and O–H groups in total. The zero-order valence-electron chi connectivity index (χ0n) is 16.7. The number of carbonyl (C=O) groups excluding carboxylic acids is 1. The Morgan fingerprint density at radius 2 is 1.80 bits per heavy atom. The molecule has 0 spiro atoms. The van der Waals surface area contributed by atoms with Crippen molar-refractivity contribution in [2.75, 3.05) is 14.2 Å². The van der Waals surface area contributed by atoms with E-state index in [1.165, 1.54) is 0 Å². The van der Waals surface area contributed by atoms with Gasteiger partial charge in [-0.15, -0.1) is 0 Å². The van der Waals surface area contributed by atoms with E-state index in [-0.39, 0.29) is 11.9 Å². The molecule has 30 heavy (non-hydrogen) atoms. The molecule has 1 amide bonds. The van der Waals surface area contributed by atoms with Crippen LogP contribution in [-0.4, -0.2) is 30.8 Å². The molecular weight excluding hydrogens is 444 g/mol. The molecule has 0 saturated heterocycles. The van der Waals surface area contributed by atoms with E-state index in [4.69, 9.17) is 14.6 Å². The van der Waals surface area contributed by atoms with E-state index >= 15 is 0 Å². The number of rotatable bonds is 5. The number of ether oxygens (including phenoxy) is 2. The first-order valence-electron chi connectivity index (χ1n) is 9.54. The van der Waals surface area contributed by atoms with Gasteiger partial charge in [-0.25, -0.2) is 5.01 Å². The third kappa shape index (κ3) is 3.96. The highest BCUT2D eigenvalue weighted by molar-refractivity contribution is 9.10. The summed E-state index contributed by atoms with van der Waals surface area (Å²) in [5.74, 6) is 1.18. The monoisotopic (exact) mass is 464 g/mol. The molecule has 1 aliphatic rings. The summed E-state index contributed by atoms with van der Waals surface area (Å²) in [7, 11) is 3.22. The first-order chi connectivity index (χ1) is 14.6. The Hall–Kier alpha value is -3.12. The number of methoxy groups -OCH3 is 2. The maximum Gasteiger partial charge on any atom is 0.274 e. The lowest BCUT2D eigenvalue weighted by Gasteiger charge is -2.23. The highest BCUT2D eigenvalue weighted by atomic mass is 79.9. The third-order valence-electron chi connectivity index (χ3n) is 5.09. The quantitative estimate of drug-likeness (QED) is 0.503. The third-order valence-corrected chi connectivity index (χ3v) is 5.58. The minimum atomic E-state index is -0.270. The summed E-state index contributed by atoms with van der Waals surface area (Å²) in [6.07, 6.45) is 0.590. The number of para-hydroxylation sites is 1. The Labute approximate surface area is 184 Å². The lowest BCUT2D eigenvalue weighted by molar-refractivity contribution is 0.0709. The van der Waals surface area contributed by atoms with Crippen LogP contribution in [0.2, 0.25) is 0 Å². The van der Waals surface area contributed by atoms with E-state index in [1.54, 1.807) is 37.4 Å². The maximum atomic E-state index is 13.5. The molecule has 5 nitrogen and oxygen atoms in total. The second-order valence-corrected chi connectivity index (χ2v) is 7.82. The Morgan fingerprint density at radius 1 is 1.00 bits per heavy atom. The van der Waals surface area contributed by atoms with Gasteiger partial charge < -0.3 is 9.47 Å². The van der Waals surface area contributed by atoms with Crippen LogP contribution in [0.15, 0.2) is 82.4 Å². The number of hydrogen-bond acceptors (Lipinski definition) is 4. The summed E-state index contributed by atoms with van der Waals surface area (Å²) in [6.45, 7) is 0. The number of nitrogens with zero attached hydrogens (tertiary/aromatic N) is 2. The molecule has 3 aromatic carbocycles. The van der Waals surface area contributed by atoms with Crippen molar-refractivity contribution in [1.29, 1.82) is 0 Å². The second-order valence-electron chi connectivity index (χ2n) is 6.90. The SMILES string of the molecule is COc1cccc(C(=O)N2N=C(c3cccc(Br)c3)C[C@H]2c2ccccc2OC)c1. The van der Waals surface area contributed by atoms with Gasteiger partial charge in [0.25, 0.3) is 5.91 Å². The molecular formula is C24H21BrN2O3. The van der Waals surface area contributed by atoms with Crippen molar-refractivity contribution < 1.29 is 14.3 Å². The van der Waals surface area contributed by atoms with Gasteiger partial charge in [-0.2, -0.15) is 5.10 Å². The van der Waals surface area contributed by atoms with Crippen molar-refractivity contribution in [2.45, 2.75) is 12.5 Å². The minimum absolute atomic E-state index is 0.185. The molecule has 0 fully saturated rings. The van der Waals surface area contributed by atoms with Gasteiger partial charge in [-0.1, -0.05) is 52.3 Å². The van der Waals surface area contributed by atoms with Gasteiger partial charge in [-0.3, -0.25) is 4.79 Å². The van der Waals surface area contributed by atoms with Gasteiger partial charge in [0.1, 0.15) is 11.5 Å². The zero-order valence-corrected chi connectivity index (χ0v) is 18.3. The van der Waals surface area contributed by atoms with E-state index in [9.17, 15) is 4.79 Å². The number of benzene rings is 3. The van der Waals surface area contributed by atoms with Crippen LogP contribution < -0.4 is 9.47 Å². The number of hydrogen-bond donors (Lipinski definition) is 0. The second kappa shape index (κ2) is 8.71. The van der Waals surface area contributed by atoms with Crippen LogP contribution in [0.4, 0.5) is 0 Å². The molecule has 0 bridgehead atoms. The standard InChI is InChI=1S/C24H21BrN2O3/c1-29-19-10-6-8-17(14-19)24(28)27-22(20-11-3-4-12-23(20)30-2)15-21(26-27)16-7-5-9-18(25)13-16/h3-14,22H,15H2,1-2H3/t22-/m0/s1. The average molecular weight is 465 g/mol. The van der Waals surface area contributed by atoms with Gasteiger partial charge in [-0.05, 0) is 42.0 Å². The maximum absolute atomic E-state index is 13.5. The Kier molecular flexibility index (Phi) is 5.86. The predicted octanol–water partition coefficient (Wildman–Crippen LogP) is 5.46. The fourth-order valence-corrected chi connectivity index (χ4v) is 4.01. The summed E-state index contributed by atoms with van der Waals surface area (Å²) < 4.78 is 11.8. The molecule has 0 radical (unpaired) electrons. The molecule has 1 atom stereocenters. The molecule has 3 aromatic rings. The normalized spacial score (nSPS) is 15.6. The fourth-order valence-electron chi connectivity index (χ4n) is 3.61. The highest BCUT2D eigenvalue weighted by Crippen LogP contribution is 2.38. The lowest BCUT2D eigenvalue weighted by Crippen LogP contribution is -2.27. The summed E-state index contributed by atoms with van der Waals surface area (Å²) >= 11 is 3.52. The largest absolute Gasteiger partial charge is 0.497 e. The van der Waals surface area contributed by atoms with Crippen LogP contribution in [0.1, 0.15) is 33.9 Å². The van der Waals surface area contributed by atoms with E-state index in [0.29, 0.717) is 17.7 Å². The van der Waals surface area contributed by atoms with Crippen molar-refractivity contribution in [1.82, 2.24) is 5.01 Å². The van der Waals surface area contributed by atoms with Crippen LogP contribution >= 0.6 is 15.9 Å². The van der Waals surface area contributed by atoms with E-state index in [2.05, 4.69) is 15.9 Å². The first kappa shape index (κ1) is 20.2. The number of hydrazone groups is 1. The van der Waals surface area contributed by atoms with Crippen LogP contribution in [-0.2, 0) is 0 Å². The smallest absolute Gasteiger partial charge is 0.274 e. The van der Waals surface area contributed by atoms with Gasteiger partial charge in [0.2, 0.25) is 0 Å². The molecule has 0 aliphatic carbocycles. The molecule has 0 unspecified atom stereocenters. The molecule has 6 heteroatoms. The molecule has 0 aromatic heterocycles. The van der Waals surface area contributed by atoms with Crippen molar-refractivity contribution in [3.8, 4) is 11.5 Å². The van der Waals surface area contributed by atoms with Crippen LogP contribution in [0, 0.1) is 0 Å². The van der Waals surface area contributed by atoms with Crippen LogP contribution in [0.25, 0.3) is 0 Å². The highest BCUT2D eigenvalue weighted by Gasteiger charge is 2.35. The average Bonchev–Trinajstić information content (AvgIpc) is 3.24. The topological polar surface area (TPSA) is 51.1 Å². The van der Waals surface area contributed by atoms with Gasteiger partial charge in [0.05, 0.1) is 26.0 Å². The number of halogens is 1. The van der Waals surface area contributed by atoms with E-state index < -0.39 is 0 Å². The summed E-state index contributed by atoms with van der Waals surface area (Å²) in [5, 5.41) is 6.31. The molecule has 0 saturated carbocycles. The molecule has 152 valence electrons. The number of amides is 1. The predicted molar refractivity (Wildman–Crippen MR) is 120 cm³/mol. The van der Waals surface area contributed by atoms with Gasteiger partial charge in [0, 0.05) is 22.0 Å². The van der Waals surface area contributed by atoms with Crippen molar-refractivity contribution in [3.05, 3.63) is 94.0 Å². The molecule has 1 aliphatic heterocycles. The fraction of sp³-hybridized carbons (Fsp3) is 0.167. The summed E-state index contributed by atoms with van der Waals surface area (Å²) in [5.41, 5.74) is 3.27. The lowest BCUT2D eigenvalue weighted by atomic mass is 9.97. The Morgan fingerprint density at radius 3 is 2.57 bits per heavy atom. The van der Waals surface area contributed by atoms with Gasteiger partial charge in [0.15, 0.2) is 0 Å². The minimum Gasteiger partial charge on any atom is -0.497 e. The van der Waals surface area contributed by atoms with Gasteiger partial charge >= 0.3 is 0 Å². The van der Waals surface area contributed by atoms with E-state index in [1.807, 2.05) is 54.6 Å². The van der Waals surface area contributed by atoms with E-state index in [0.717, 1.165) is 27.1 Å². The van der Waals surface area contributed by atoms with Crippen LogP contribution in [0.3, 0.4) is 0 Å². The molecule has 1 heterocycles. The molecule has 4 rings (SSSR count).